The Balaban J connectivity index is 1.85. The molecule has 0 saturated carbocycles. The van der Waals surface area contributed by atoms with Crippen LogP contribution in [0.1, 0.15) is 19.3 Å². The predicted molar refractivity (Wildman–Crippen MR) is 73.2 cm³/mol. The molecule has 1 heterocycles. The molecule has 1 fully saturated rings. The molecule has 1 aromatic rings. The van der Waals surface area contributed by atoms with Crippen LogP contribution < -0.4 is 15.8 Å². The standard InChI is InChI=1S/C14H20N2O3/c15-6-8-19-12-4-1-3-11(9-12)16-14(17)10-13-5-2-7-18-13/h1,3-4,9,13H,2,5-8,10,15H2,(H,16,17). The number of carbonyl (C=O) groups excluding carboxylic acids is 1. The molecule has 0 aliphatic carbocycles. The molecule has 1 saturated heterocycles. The molecule has 19 heavy (non-hydrogen) atoms. The van der Waals surface area contributed by atoms with Crippen molar-refractivity contribution in [2.24, 2.45) is 5.73 Å². The summed E-state index contributed by atoms with van der Waals surface area (Å²) in [6.07, 6.45) is 2.48. The smallest absolute Gasteiger partial charge is 0.226 e. The molecule has 1 aliphatic heterocycles. The Morgan fingerprint density at radius 1 is 1.53 bits per heavy atom. The van der Waals surface area contributed by atoms with Gasteiger partial charge in [-0.05, 0) is 25.0 Å². The minimum atomic E-state index is -0.0251. The van der Waals surface area contributed by atoms with Crippen LogP contribution in [-0.4, -0.2) is 31.8 Å². The van der Waals surface area contributed by atoms with Crippen LogP contribution in [0.25, 0.3) is 0 Å². The molecule has 0 aromatic heterocycles. The summed E-state index contributed by atoms with van der Waals surface area (Å²) in [5.74, 6) is 0.684. The quantitative estimate of drug-likeness (QED) is 0.817. The van der Waals surface area contributed by atoms with Crippen LogP contribution in [0.3, 0.4) is 0 Å². The van der Waals surface area contributed by atoms with Gasteiger partial charge in [0.25, 0.3) is 0 Å². The van der Waals surface area contributed by atoms with Gasteiger partial charge >= 0.3 is 0 Å². The number of nitrogens with one attached hydrogen (secondary N) is 1. The van der Waals surface area contributed by atoms with Crippen molar-refractivity contribution in [2.75, 3.05) is 25.1 Å². The Bertz CT molecular complexity index is 417. The summed E-state index contributed by atoms with van der Waals surface area (Å²) < 4.78 is 10.8. The van der Waals surface area contributed by atoms with Gasteiger partial charge in [0.1, 0.15) is 12.4 Å². The zero-order valence-corrected chi connectivity index (χ0v) is 10.9. The van der Waals surface area contributed by atoms with Crippen LogP contribution in [0.15, 0.2) is 24.3 Å². The number of rotatable bonds is 6. The summed E-state index contributed by atoms with van der Waals surface area (Å²) >= 11 is 0. The Morgan fingerprint density at radius 2 is 2.42 bits per heavy atom. The Kier molecular flexibility index (Phi) is 5.18. The maximum Gasteiger partial charge on any atom is 0.226 e. The van der Waals surface area contributed by atoms with E-state index in [9.17, 15) is 4.79 Å². The van der Waals surface area contributed by atoms with Crippen molar-refractivity contribution in [1.82, 2.24) is 0 Å². The van der Waals surface area contributed by atoms with Gasteiger partial charge in [-0.3, -0.25) is 4.79 Å². The zero-order chi connectivity index (χ0) is 13.5. The first-order valence-corrected chi connectivity index (χ1v) is 6.62. The van der Waals surface area contributed by atoms with E-state index in [1.807, 2.05) is 18.2 Å². The third-order valence-electron chi connectivity index (χ3n) is 2.94. The predicted octanol–water partition coefficient (Wildman–Crippen LogP) is 1.53. The molecule has 5 nitrogen and oxygen atoms in total. The van der Waals surface area contributed by atoms with E-state index < -0.39 is 0 Å². The molecule has 0 radical (unpaired) electrons. The lowest BCUT2D eigenvalue weighted by Gasteiger charge is -2.11. The van der Waals surface area contributed by atoms with Crippen molar-refractivity contribution < 1.29 is 14.3 Å². The van der Waals surface area contributed by atoms with Crippen molar-refractivity contribution in [1.29, 1.82) is 0 Å². The Labute approximate surface area is 113 Å². The van der Waals surface area contributed by atoms with Gasteiger partial charge in [0.15, 0.2) is 0 Å². The maximum atomic E-state index is 11.8. The molecule has 1 unspecified atom stereocenters. The number of nitrogens with two attached hydrogens (primary N) is 1. The number of hydrogen-bond acceptors (Lipinski definition) is 4. The molecule has 0 bridgehead atoms. The summed E-state index contributed by atoms with van der Waals surface area (Å²) in [6.45, 7) is 1.70. The van der Waals surface area contributed by atoms with E-state index in [-0.39, 0.29) is 12.0 Å². The first kappa shape index (κ1) is 13.8. The van der Waals surface area contributed by atoms with E-state index in [4.69, 9.17) is 15.2 Å². The second-order valence-corrected chi connectivity index (χ2v) is 4.55. The SMILES string of the molecule is NCCOc1cccc(NC(=O)CC2CCCO2)c1. The van der Waals surface area contributed by atoms with Crippen molar-refractivity contribution in [3.05, 3.63) is 24.3 Å². The minimum absolute atomic E-state index is 0.0251. The summed E-state index contributed by atoms with van der Waals surface area (Å²) in [5.41, 5.74) is 6.11. The molecule has 1 aliphatic rings. The maximum absolute atomic E-state index is 11.8. The zero-order valence-electron chi connectivity index (χ0n) is 10.9. The third-order valence-corrected chi connectivity index (χ3v) is 2.94. The molecule has 2 rings (SSSR count). The van der Waals surface area contributed by atoms with Crippen LogP contribution >= 0.6 is 0 Å². The van der Waals surface area contributed by atoms with Gasteiger partial charge in [-0.15, -0.1) is 0 Å². The third kappa shape index (κ3) is 4.54. The number of hydrogen-bond donors (Lipinski definition) is 2. The average Bonchev–Trinajstić information content (AvgIpc) is 2.89. The van der Waals surface area contributed by atoms with Gasteiger partial charge in [-0.25, -0.2) is 0 Å². The van der Waals surface area contributed by atoms with E-state index in [0.29, 0.717) is 25.3 Å². The van der Waals surface area contributed by atoms with Crippen molar-refractivity contribution >= 4 is 11.6 Å². The molecular formula is C14H20N2O3. The van der Waals surface area contributed by atoms with Crippen LogP contribution in [0.2, 0.25) is 0 Å². The highest BCUT2D eigenvalue weighted by Gasteiger charge is 2.19. The normalized spacial score (nSPS) is 18.3. The fourth-order valence-electron chi connectivity index (χ4n) is 2.06. The molecular weight excluding hydrogens is 244 g/mol. The fraction of sp³-hybridized carbons (Fsp3) is 0.500. The topological polar surface area (TPSA) is 73.6 Å². The van der Waals surface area contributed by atoms with E-state index in [1.54, 1.807) is 6.07 Å². The van der Waals surface area contributed by atoms with E-state index in [0.717, 1.165) is 25.1 Å². The summed E-state index contributed by atoms with van der Waals surface area (Å²) in [6, 6.07) is 7.31. The first-order valence-electron chi connectivity index (χ1n) is 6.62. The van der Waals surface area contributed by atoms with Crippen LogP contribution in [0.5, 0.6) is 5.75 Å². The van der Waals surface area contributed by atoms with Gasteiger partial charge < -0.3 is 20.5 Å². The molecule has 3 N–H and O–H groups in total. The van der Waals surface area contributed by atoms with Gasteiger partial charge in [0.05, 0.1) is 12.5 Å². The molecule has 0 spiro atoms. The average molecular weight is 264 g/mol. The fourth-order valence-corrected chi connectivity index (χ4v) is 2.06. The second kappa shape index (κ2) is 7.11. The lowest BCUT2D eigenvalue weighted by Crippen LogP contribution is -2.19. The molecule has 5 heteroatoms. The largest absolute Gasteiger partial charge is 0.492 e. The van der Waals surface area contributed by atoms with Crippen molar-refractivity contribution in [3.63, 3.8) is 0 Å². The van der Waals surface area contributed by atoms with Gasteiger partial charge in [0, 0.05) is 24.9 Å². The van der Waals surface area contributed by atoms with Crippen LogP contribution in [0.4, 0.5) is 5.69 Å². The summed E-state index contributed by atoms with van der Waals surface area (Å²) in [7, 11) is 0. The summed E-state index contributed by atoms with van der Waals surface area (Å²) in [5, 5.41) is 2.86. The molecule has 1 aromatic carbocycles. The Morgan fingerprint density at radius 3 is 3.16 bits per heavy atom. The number of carbonyl (C=O) groups is 1. The number of amides is 1. The van der Waals surface area contributed by atoms with Crippen molar-refractivity contribution in [2.45, 2.75) is 25.4 Å². The van der Waals surface area contributed by atoms with Crippen LogP contribution in [0, 0.1) is 0 Å². The number of benzene rings is 1. The molecule has 104 valence electrons. The van der Waals surface area contributed by atoms with E-state index >= 15 is 0 Å². The molecule has 1 amide bonds. The van der Waals surface area contributed by atoms with Crippen molar-refractivity contribution in [3.8, 4) is 5.75 Å². The van der Waals surface area contributed by atoms with Crippen LogP contribution in [-0.2, 0) is 9.53 Å². The first-order chi connectivity index (χ1) is 9.28. The highest BCUT2D eigenvalue weighted by molar-refractivity contribution is 5.91. The number of ether oxygens (including phenoxy) is 2. The lowest BCUT2D eigenvalue weighted by atomic mass is 10.2. The van der Waals surface area contributed by atoms with E-state index in [1.165, 1.54) is 0 Å². The van der Waals surface area contributed by atoms with Gasteiger partial charge in [-0.1, -0.05) is 6.07 Å². The minimum Gasteiger partial charge on any atom is -0.492 e. The molecule has 1 atom stereocenters. The lowest BCUT2D eigenvalue weighted by molar-refractivity contribution is -0.118. The second-order valence-electron chi connectivity index (χ2n) is 4.55. The highest BCUT2D eigenvalue weighted by atomic mass is 16.5. The van der Waals surface area contributed by atoms with E-state index in [2.05, 4.69) is 5.32 Å². The highest BCUT2D eigenvalue weighted by Crippen LogP contribution is 2.19. The Hall–Kier alpha value is -1.59. The van der Waals surface area contributed by atoms with Gasteiger partial charge in [0.2, 0.25) is 5.91 Å². The monoisotopic (exact) mass is 264 g/mol. The summed E-state index contributed by atoms with van der Waals surface area (Å²) in [4.78, 5) is 11.8. The number of anilines is 1. The van der Waals surface area contributed by atoms with Gasteiger partial charge in [-0.2, -0.15) is 0 Å².